The third-order valence-corrected chi connectivity index (χ3v) is 18.3. The second-order valence-corrected chi connectivity index (χ2v) is 28.7. The van der Waals surface area contributed by atoms with E-state index in [2.05, 4.69) is 93.7 Å². The average molecular weight is 1380 g/mol. The van der Waals surface area contributed by atoms with Gasteiger partial charge in [-0.2, -0.15) is 0 Å². The highest BCUT2D eigenvalue weighted by Gasteiger charge is 2.29. The summed E-state index contributed by atoms with van der Waals surface area (Å²) < 4.78 is 61.0. The summed E-state index contributed by atoms with van der Waals surface area (Å²) in [6.45, 7) is 2.60. The summed E-state index contributed by atoms with van der Waals surface area (Å²) in [5.41, 5.74) is 0. The highest BCUT2D eigenvalue weighted by molar-refractivity contribution is 7.47. The van der Waals surface area contributed by atoms with Crippen LogP contribution in [0, 0.1) is 0 Å². The molecule has 0 bridgehead atoms. The number of esters is 3. The molecule has 0 spiro atoms. The zero-order valence-corrected chi connectivity index (χ0v) is 62.1. The van der Waals surface area contributed by atoms with Crippen LogP contribution >= 0.6 is 15.6 Å². The van der Waals surface area contributed by atoms with Crippen LogP contribution in [0.2, 0.25) is 0 Å². The molecule has 0 fully saturated rings. The standard InChI is InChI=1S/C77H140O16P2/c1-4-7-10-13-16-19-22-24-26-27-28-29-30-31-32-33-34-35-36-37-38-39-40-41-42-43-45-47-49-51-54-57-60-63-75(80)87-66-72(78)67-89-94(83,84)90-68-73(79)69-91-95(85,86)92-71-74(93-77(82)65-62-59-56-53-48-21-18-15-12-9-6-3)70-88-76(81)64-61-58-55-52-50-46-44-25-23-20-17-14-11-8-5-2/h7,10,16,19,24,26,28-29,31-32,34-35,72-74,78-79H,4-6,8-9,11-15,17-18,20-23,25,27,30,33,36-71H2,1-3H3,(H,83,84)(H,85,86)/b10-7-,19-16-,26-24-,29-28-,32-31-,35-34-. The lowest BCUT2D eigenvalue weighted by Gasteiger charge is -2.21. The molecule has 18 heteroatoms. The average Bonchev–Trinajstić information content (AvgIpc) is 3.18. The molecule has 0 aliphatic carbocycles. The molecule has 0 radical (unpaired) electrons. The predicted octanol–water partition coefficient (Wildman–Crippen LogP) is 21.9. The van der Waals surface area contributed by atoms with Crippen LogP contribution in [0.25, 0.3) is 0 Å². The molecular weight excluding hydrogens is 1240 g/mol. The molecule has 0 saturated heterocycles. The Kier molecular flexibility index (Phi) is 68.6. The van der Waals surface area contributed by atoms with Gasteiger partial charge in [-0.05, 0) is 70.6 Å². The maximum Gasteiger partial charge on any atom is 0.472 e. The van der Waals surface area contributed by atoms with Gasteiger partial charge in [0, 0.05) is 19.3 Å². The lowest BCUT2D eigenvalue weighted by Crippen LogP contribution is -2.30. The largest absolute Gasteiger partial charge is 0.472 e. The minimum absolute atomic E-state index is 0.113. The lowest BCUT2D eigenvalue weighted by atomic mass is 10.0. The molecule has 554 valence electrons. The molecule has 0 amide bonds. The van der Waals surface area contributed by atoms with Gasteiger partial charge in [0.05, 0.1) is 26.4 Å². The summed E-state index contributed by atoms with van der Waals surface area (Å²) in [5.74, 6) is -1.55. The van der Waals surface area contributed by atoms with Gasteiger partial charge in [0.2, 0.25) is 0 Å². The Labute approximate surface area is 579 Å². The Balaban J connectivity index is 4.31. The Morgan fingerprint density at radius 2 is 0.558 bits per heavy atom. The van der Waals surface area contributed by atoms with Gasteiger partial charge in [0.15, 0.2) is 6.10 Å². The fourth-order valence-corrected chi connectivity index (χ4v) is 12.2. The lowest BCUT2D eigenvalue weighted by molar-refractivity contribution is -0.161. The van der Waals surface area contributed by atoms with Crippen LogP contribution in [0.15, 0.2) is 72.9 Å². The fraction of sp³-hybridized carbons (Fsp3) is 0.805. The van der Waals surface area contributed by atoms with Crippen LogP contribution in [0.1, 0.15) is 342 Å². The van der Waals surface area contributed by atoms with Crippen molar-refractivity contribution in [2.75, 3.05) is 39.6 Å². The van der Waals surface area contributed by atoms with Crippen molar-refractivity contribution in [3.63, 3.8) is 0 Å². The first-order chi connectivity index (χ1) is 46.2. The molecule has 0 aromatic heterocycles. The molecule has 0 aromatic rings. The first kappa shape index (κ1) is 92.0. The zero-order valence-electron chi connectivity index (χ0n) is 60.3. The summed E-state index contributed by atoms with van der Waals surface area (Å²) in [6.07, 6.45) is 76.9. The summed E-state index contributed by atoms with van der Waals surface area (Å²) >= 11 is 0. The molecule has 16 nitrogen and oxygen atoms in total. The first-order valence-corrected chi connectivity index (χ1v) is 41.2. The SMILES string of the molecule is CC/C=C\C/C=C\C/C=C\C/C=C\C/C=C\C/C=C\CCCCCCCCCCCCCCCCC(=O)OCC(O)COP(=O)(O)OCC(O)COP(=O)(O)OCC(COC(=O)CCCCCCCCCCCCCCCCC)OC(=O)CCCCCCCCCCCCC. The first-order valence-electron chi connectivity index (χ1n) is 38.2. The highest BCUT2D eigenvalue weighted by atomic mass is 31.2. The Hall–Kier alpha value is -3.01. The molecule has 5 atom stereocenters. The zero-order chi connectivity index (χ0) is 69.5. The van der Waals surface area contributed by atoms with E-state index < -0.39 is 91.5 Å². The van der Waals surface area contributed by atoms with E-state index in [1.807, 2.05) is 0 Å². The molecule has 0 aliphatic rings. The number of hydrogen-bond acceptors (Lipinski definition) is 14. The van der Waals surface area contributed by atoms with Crippen LogP contribution in [0.5, 0.6) is 0 Å². The molecule has 0 saturated carbocycles. The second-order valence-electron chi connectivity index (χ2n) is 25.8. The number of carbonyl (C=O) groups is 3. The van der Waals surface area contributed by atoms with Crippen LogP contribution in [-0.2, 0) is 55.8 Å². The predicted molar refractivity (Wildman–Crippen MR) is 390 cm³/mol. The maximum absolute atomic E-state index is 12.9. The number of aliphatic hydroxyl groups is 2. The summed E-state index contributed by atoms with van der Waals surface area (Å²) in [7, 11) is -9.76. The van der Waals surface area contributed by atoms with Crippen LogP contribution < -0.4 is 0 Å². The monoisotopic (exact) mass is 1380 g/mol. The fourth-order valence-electron chi connectivity index (χ4n) is 10.6. The number of phosphoric acid groups is 2. The van der Waals surface area contributed by atoms with E-state index >= 15 is 0 Å². The minimum Gasteiger partial charge on any atom is -0.463 e. The van der Waals surface area contributed by atoms with E-state index in [0.29, 0.717) is 19.3 Å². The smallest absolute Gasteiger partial charge is 0.463 e. The molecule has 0 heterocycles. The number of allylic oxidation sites excluding steroid dienone is 12. The highest BCUT2D eigenvalue weighted by Crippen LogP contribution is 2.45. The van der Waals surface area contributed by atoms with E-state index in [1.54, 1.807) is 0 Å². The van der Waals surface area contributed by atoms with Crippen LogP contribution in [0.3, 0.4) is 0 Å². The molecule has 95 heavy (non-hydrogen) atoms. The van der Waals surface area contributed by atoms with Crippen LogP contribution in [0.4, 0.5) is 0 Å². The van der Waals surface area contributed by atoms with Crippen molar-refractivity contribution in [3.8, 4) is 0 Å². The Morgan fingerprint density at radius 3 is 0.884 bits per heavy atom. The van der Waals surface area contributed by atoms with E-state index in [-0.39, 0.29) is 19.3 Å². The van der Waals surface area contributed by atoms with Gasteiger partial charge >= 0.3 is 33.6 Å². The van der Waals surface area contributed by atoms with Gasteiger partial charge in [-0.1, -0.05) is 325 Å². The normalized spacial score (nSPS) is 14.5. The van der Waals surface area contributed by atoms with Crippen molar-refractivity contribution in [2.45, 2.75) is 360 Å². The van der Waals surface area contributed by atoms with Crippen molar-refractivity contribution in [1.29, 1.82) is 0 Å². The number of phosphoric ester groups is 2. The number of ether oxygens (including phenoxy) is 3. The van der Waals surface area contributed by atoms with E-state index in [4.69, 9.17) is 32.3 Å². The summed E-state index contributed by atoms with van der Waals surface area (Å²) in [6, 6.07) is 0. The van der Waals surface area contributed by atoms with Gasteiger partial charge in [-0.3, -0.25) is 32.5 Å². The molecule has 0 aliphatic heterocycles. The van der Waals surface area contributed by atoms with E-state index in [1.165, 1.54) is 173 Å². The van der Waals surface area contributed by atoms with Gasteiger partial charge < -0.3 is 34.2 Å². The molecule has 4 N–H and O–H groups in total. The van der Waals surface area contributed by atoms with Crippen molar-refractivity contribution in [1.82, 2.24) is 0 Å². The van der Waals surface area contributed by atoms with E-state index in [9.17, 15) is 43.5 Å². The molecule has 0 aromatic carbocycles. The van der Waals surface area contributed by atoms with Gasteiger partial charge in [-0.15, -0.1) is 0 Å². The Bertz CT molecular complexity index is 2020. The topological polar surface area (TPSA) is 231 Å². The maximum atomic E-state index is 12.9. The van der Waals surface area contributed by atoms with Gasteiger partial charge in [0.25, 0.3) is 0 Å². The third kappa shape index (κ3) is 72.1. The van der Waals surface area contributed by atoms with Gasteiger partial charge in [-0.25, -0.2) is 9.13 Å². The van der Waals surface area contributed by atoms with Crippen molar-refractivity contribution < 1.29 is 75.8 Å². The minimum atomic E-state index is -4.91. The summed E-state index contributed by atoms with van der Waals surface area (Å²) in [5, 5.41) is 20.6. The van der Waals surface area contributed by atoms with Crippen molar-refractivity contribution in [2.24, 2.45) is 0 Å². The van der Waals surface area contributed by atoms with E-state index in [0.717, 1.165) is 109 Å². The third-order valence-electron chi connectivity index (χ3n) is 16.4. The number of aliphatic hydroxyl groups excluding tert-OH is 2. The molecule has 5 unspecified atom stereocenters. The van der Waals surface area contributed by atoms with Gasteiger partial charge in [0.1, 0.15) is 25.4 Å². The number of hydrogen-bond donors (Lipinski definition) is 4. The molecule has 0 rings (SSSR count). The van der Waals surface area contributed by atoms with Crippen molar-refractivity contribution >= 4 is 33.6 Å². The quantitative estimate of drug-likeness (QED) is 0.0146. The second kappa shape index (κ2) is 70.8. The van der Waals surface area contributed by atoms with Crippen LogP contribution in [-0.4, -0.2) is 95.9 Å². The molecular formula is C77H140O16P2. The summed E-state index contributed by atoms with van der Waals surface area (Å²) in [4.78, 5) is 58.4. The number of unbranched alkanes of at least 4 members (excludes halogenated alkanes) is 38. The number of rotatable bonds is 73. The Morgan fingerprint density at radius 1 is 0.305 bits per heavy atom. The van der Waals surface area contributed by atoms with Crippen molar-refractivity contribution in [3.05, 3.63) is 72.9 Å². The number of carbonyl (C=O) groups excluding carboxylic acids is 3.